The molecule has 0 amide bonds. The zero-order valence-corrected chi connectivity index (χ0v) is 27.4. The Balaban J connectivity index is 2.34. The van der Waals surface area contributed by atoms with Gasteiger partial charge in [0.1, 0.15) is 0 Å². The number of rotatable bonds is 16. The Morgan fingerprint density at radius 2 is 0.974 bits per heavy atom. The van der Waals surface area contributed by atoms with Crippen LogP contribution in [0.3, 0.4) is 0 Å². The highest BCUT2D eigenvalue weighted by atomic mass is 28.5. The maximum Gasteiger partial charge on any atom is 0.386 e. The van der Waals surface area contributed by atoms with Gasteiger partial charge in [-0.15, -0.1) is 0 Å². The first-order valence-electron chi connectivity index (χ1n) is 13.4. The van der Waals surface area contributed by atoms with Gasteiger partial charge in [0, 0.05) is 11.1 Å². The van der Waals surface area contributed by atoms with Gasteiger partial charge in [0.15, 0.2) is 16.6 Å². The zero-order chi connectivity index (χ0) is 29.1. The molecule has 0 bridgehead atoms. The smallest absolute Gasteiger partial charge is 0.386 e. The van der Waals surface area contributed by atoms with Gasteiger partial charge in [0.25, 0.3) is 0 Å². The third kappa shape index (κ3) is 10.5. The van der Waals surface area contributed by atoms with Gasteiger partial charge < -0.3 is 17.7 Å². The topological polar surface area (TPSA) is 71.1 Å². The second-order valence-corrected chi connectivity index (χ2v) is 23.2. The van der Waals surface area contributed by atoms with Crippen molar-refractivity contribution in [2.24, 2.45) is 0 Å². The number of carbonyl (C=O) groups is 2. The maximum atomic E-state index is 11.8. The van der Waals surface area contributed by atoms with E-state index in [0.717, 1.165) is 22.5 Å². The van der Waals surface area contributed by atoms with Crippen molar-refractivity contribution in [3.05, 3.63) is 85.0 Å². The van der Waals surface area contributed by atoms with Crippen molar-refractivity contribution >= 4 is 47.5 Å². The summed E-state index contributed by atoms with van der Waals surface area (Å²) in [6, 6.07) is 22.2. The van der Waals surface area contributed by atoms with Gasteiger partial charge in [-0.05, 0) is 75.3 Å². The number of hydrogen-bond acceptors (Lipinski definition) is 6. The van der Waals surface area contributed by atoms with Crippen molar-refractivity contribution in [2.45, 2.75) is 65.0 Å². The summed E-state index contributed by atoms with van der Waals surface area (Å²) in [6.07, 6.45) is 1.42. The average molecular weight is 585 g/mol. The summed E-state index contributed by atoms with van der Waals surface area (Å²) in [7, 11) is -7.74. The molecule has 0 atom stereocenters. The van der Waals surface area contributed by atoms with Gasteiger partial charge in [-0.3, -0.25) is 0 Å². The Morgan fingerprint density at radius 3 is 1.28 bits per heavy atom. The molecule has 0 aliphatic heterocycles. The molecule has 0 saturated carbocycles. The highest BCUT2D eigenvalue weighted by molar-refractivity contribution is 7.02. The number of hydrogen-bond donors (Lipinski definition) is 0. The fourth-order valence-corrected chi connectivity index (χ4v) is 17.2. The molecule has 0 aliphatic rings. The van der Waals surface area contributed by atoms with E-state index in [-0.39, 0.29) is 11.9 Å². The second kappa shape index (κ2) is 14.7. The van der Waals surface area contributed by atoms with Crippen LogP contribution in [0, 0.1) is 0 Å². The molecule has 6 nitrogen and oxygen atoms in total. The van der Waals surface area contributed by atoms with Gasteiger partial charge in [0.2, 0.25) is 0 Å². The standard InChI is InChI=1S/C30H44O6Si3/c1-25(2)29(31)33-21-15-23-37(5,6)35-39(27-17-11-9-12-18-27,28-19-13-10-14-20-28)36-38(7,8)24-16-22-34-30(32)26(3)4/h9-14,17-20H,1,3,15-16,21-24H2,2,4-8H3. The van der Waals surface area contributed by atoms with Gasteiger partial charge in [-0.2, -0.15) is 0 Å². The van der Waals surface area contributed by atoms with Gasteiger partial charge in [0.05, 0.1) is 13.2 Å². The summed E-state index contributed by atoms with van der Waals surface area (Å²) in [5, 5.41) is 2.14. The molecule has 0 heterocycles. The van der Waals surface area contributed by atoms with Crippen LogP contribution >= 0.6 is 0 Å². The van der Waals surface area contributed by atoms with E-state index in [0.29, 0.717) is 37.2 Å². The first kappa shape index (κ1) is 32.6. The molecule has 0 spiro atoms. The molecule has 2 aromatic carbocycles. The Labute approximate surface area is 237 Å². The molecular formula is C30H44O6Si3. The van der Waals surface area contributed by atoms with Crippen LogP contribution in [0.4, 0.5) is 0 Å². The fourth-order valence-electron chi connectivity index (χ4n) is 4.19. The van der Waals surface area contributed by atoms with E-state index in [1.54, 1.807) is 13.8 Å². The molecule has 0 fully saturated rings. The molecule has 39 heavy (non-hydrogen) atoms. The zero-order valence-electron chi connectivity index (χ0n) is 24.4. The van der Waals surface area contributed by atoms with Crippen molar-refractivity contribution in [1.29, 1.82) is 0 Å². The molecule has 0 aromatic heterocycles. The van der Waals surface area contributed by atoms with E-state index in [9.17, 15) is 9.59 Å². The Morgan fingerprint density at radius 1 is 0.641 bits per heavy atom. The third-order valence-corrected chi connectivity index (χ3v) is 18.2. The molecule has 0 radical (unpaired) electrons. The van der Waals surface area contributed by atoms with Crippen LogP contribution in [0.5, 0.6) is 0 Å². The molecule has 0 unspecified atom stereocenters. The molecule has 2 aromatic rings. The highest BCUT2D eigenvalue weighted by Gasteiger charge is 2.50. The van der Waals surface area contributed by atoms with E-state index < -0.39 is 25.2 Å². The lowest BCUT2D eigenvalue weighted by molar-refractivity contribution is -0.139. The van der Waals surface area contributed by atoms with Crippen LogP contribution in [0.1, 0.15) is 26.7 Å². The van der Waals surface area contributed by atoms with Gasteiger partial charge >= 0.3 is 20.5 Å². The average Bonchev–Trinajstić information content (AvgIpc) is 2.89. The number of carbonyl (C=O) groups excluding carboxylic acids is 2. The fraction of sp³-hybridized carbons (Fsp3) is 0.400. The molecule has 0 N–H and O–H groups in total. The van der Waals surface area contributed by atoms with Crippen molar-refractivity contribution in [3.8, 4) is 0 Å². The summed E-state index contributed by atoms with van der Waals surface area (Å²) in [5.74, 6) is -0.726. The monoisotopic (exact) mass is 584 g/mol. The van der Waals surface area contributed by atoms with E-state index in [4.69, 9.17) is 17.7 Å². The van der Waals surface area contributed by atoms with Crippen molar-refractivity contribution in [1.82, 2.24) is 0 Å². The summed E-state index contributed by atoms with van der Waals surface area (Å²) in [6.45, 7) is 20.1. The van der Waals surface area contributed by atoms with Crippen molar-refractivity contribution in [2.75, 3.05) is 13.2 Å². The van der Waals surface area contributed by atoms with E-state index in [1.807, 2.05) is 36.4 Å². The van der Waals surface area contributed by atoms with Crippen molar-refractivity contribution < 1.29 is 27.3 Å². The summed E-state index contributed by atoms with van der Waals surface area (Å²) < 4.78 is 25.3. The molecular weight excluding hydrogens is 541 g/mol. The molecule has 2 rings (SSSR count). The SMILES string of the molecule is C=C(C)C(=O)OCCC[Si](C)(C)O[Si](O[Si](C)(C)CCCOC(=O)C(=C)C)(c1ccccc1)c1ccccc1. The highest BCUT2D eigenvalue weighted by Crippen LogP contribution is 2.27. The minimum atomic E-state index is -3.14. The maximum absolute atomic E-state index is 11.8. The van der Waals surface area contributed by atoms with E-state index in [2.05, 4.69) is 63.6 Å². The predicted octanol–water partition coefficient (Wildman–Crippen LogP) is 5.71. The third-order valence-electron chi connectivity index (χ3n) is 6.16. The van der Waals surface area contributed by atoms with Crippen LogP contribution in [0.25, 0.3) is 0 Å². The first-order valence-corrected chi connectivity index (χ1v) is 21.5. The first-order chi connectivity index (χ1) is 18.3. The van der Waals surface area contributed by atoms with Crippen LogP contribution in [0.2, 0.25) is 38.3 Å². The van der Waals surface area contributed by atoms with E-state index >= 15 is 0 Å². The minimum absolute atomic E-state index is 0.334. The summed E-state index contributed by atoms with van der Waals surface area (Å²) >= 11 is 0. The molecule has 9 heteroatoms. The van der Waals surface area contributed by atoms with Crippen LogP contribution in [-0.2, 0) is 27.3 Å². The van der Waals surface area contributed by atoms with Gasteiger partial charge in [-0.1, -0.05) is 73.8 Å². The van der Waals surface area contributed by atoms with Crippen LogP contribution in [0.15, 0.2) is 85.0 Å². The lowest BCUT2D eigenvalue weighted by Gasteiger charge is -2.43. The summed E-state index contributed by atoms with van der Waals surface area (Å²) in [5.41, 5.74) is 0.801. The summed E-state index contributed by atoms with van der Waals surface area (Å²) in [4.78, 5) is 23.6. The van der Waals surface area contributed by atoms with E-state index in [1.165, 1.54) is 0 Å². The largest absolute Gasteiger partial charge is 0.462 e. The number of ether oxygens (including phenoxy) is 2. The number of benzene rings is 2. The second-order valence-electron chi connectivity index (χ2n) is 11.1. The van der Waals surface area contributed by atoms with Crippen molar-refractivity contribution in [3.63, 3.8) is 0 Å². The normalized spacial score (nSPS) is 12.1. The number of esters is 2. The Bertz CT molecular complexity index is 1030. The quantitative estimate of drug-likeness (QED) is 0.109. The molecule has 0 aliphatic carbocycles. The van der Waals surface area contributed by atoms with Gasteiger partial charge in [-0.25, -0.2) is 9.59 Å². The lowest BCUT2D eigenvalue weighted by atomic mass is 10.4. The predicted molar refractivity (Wildman–Crippen MR) is 165 cm³/mol. The molecule has 212 valence electrons. The minimum Gasteiger partial charge on any atom is -0.462 e. The molecule has 0 saturated heterocycles. The van der Waals surface area contributed by atoms with Crippen LogP contribution < -0.4 is 10.4 Å². The Kier molecular flexibility index (Phi) is 12.3. The van der Waals surface area contributed by atoms with Crippen LogP contribution in [-0.4, -0.2) is 50.3 Å². The lowest BCUT2D eigenvalue weighted by Crippen LogP contribution is -2.70. The Hall–Kier alpha value is -2.57.